The number of ether oxygens (including phenoxy) is 2. The minimum absolute atomic E-state index is 0.120. The molecule has 2 amide bonds. The van der Waals surface area contributed by atoms with E-state index < -0.39 is 24.5 Å². The Morgan fingerprint density at radius 1 is 1.11 bits per heavy atom. The highest BCUT2D eigenvalue weighted by Gasteiger charge is 2.31. The average Bonchev–Trinajstić information content (AvgIpc) is 3.58. The molecule has 242 valence electrons. The van der Waals surface area contributed by atoms with Gasteiger partial charge in [-0.3, -0.25) is 9.59 Å². The van der Waals surface area contributed by atoms with Crippen LogP contribution >= 0.6 is 0 Å². The first-order valence-corrected chi connectivity index (χ1v) is 15.1. The highest BCUT2D eigenvalue weighted by atomic mass is 19.4. The Morgan fingerprint density at radius 2 is 1.91 bits per heavy atom. The number of carbonyl (C=O) groups is 2. The summed E-state index contributed by atoms with van der Waals surface area (Å²) in [7, 11) is 3.56. The van der Waals surface area contributed by atoms with Gasteiger partial charge in [-0.25, -0.2) is 0 Å². The van der Waals surface area contributed by atoms with Crippen molar-refractivity contribution in [2.45, 2.75) is 38.1 Å². The number of nitrogens with zero attached hydrogens (tertiary/aromatic N) is 3. The van der Waals surface area contributed by atoms with E-state index in [0.29, 0.717) is 43.9 Å². The Morgan fingerprint density at radius 3 is 2.69 bits per heavy atom. The molecular formula is C32H39F3N6O4. The maximum absolute atomic E-state index is 13.7. The Balaban J connectivity index is 1.47. The Bertz CT molecular complexity index is 1570. The number of benzene rings is 1. The van der Waals surface area contributed by atoms with Crippen LogP contribution in [0.25, 0.3) is 10.9 Å². The Hall–Kier alpha value is -3.99. The number of hydrogen-bond donors (Lipinski definition) is 3. The van der Waals surface area contributed by atoms with Gasteiger partial charge in [0.05, 0.1) is 48.7 Å². The van der Waals surface area contributed by atoms with Crippen LogP contribution in [0.3, 0.4) is 0 Å². The maximum atomic E-state index is 13.7. The van der Waals surface area contributed by atoms with Crippen molar-refractivity contribution in [2.24, 2.45) is 5.92 Å². The largest absolute Gasteiger partial charge is 0.406 e. The summed E-state index contributed by atoms with van der Waals surface area (Å²) in [6.45, 7) is 2.63. The fourth-order valence-corrected chi connectivity index (χ4v) is 5.97. The van der Waals surface area contributed by atoms with Gasteiger partial charge in [0.15, 0.2) is 0 Å². The molecule has 2 aliphatic heterocycles. The van der Waals surface area contributed by atoms with E-state index >= 15 is 0 Å². The molecule has 1 saturated heterocycles. The number of alkyl halides is 3. The predicted octanol–water partition coefficient (Wildman–Crippen LogP) is 3.32. The van der Waals surface area contributed by atoms with Gasteiger partial charge < -0.3 is 39.5 Å². The quantitative estimate of drug-likeness (QED) is 0.377. The Kier molecular flexibility index (Phi) is 10.4. The second kappa shape index (κ2) is 14.4. The molecule has 2 atom stereocenters. The SMILES string of the molecule is CNC(=O)c1cn2cc1C(=O)NCC#Cc1cc3c(cccc3n1CC(F)(F)F)NC1CCN(C)CC1CCOCCOCC2. The monoisotopic (exact) mass is 628 g/mol. The van der Waals surface area contributed by atoms with Gasteiger partial charge in [-0.15, -0.1) is 0 Å². The van der Waals surface area contributed by atoms with Crippen LogP contribution in [0.5, 0.6) is 0 Å². The first-order valence-electron chi connectivity index (χ1n) is 15.1. The van der Waals surface area contributed by atoms with Crippen LogP contribution in [0.1, 0.15) is 39.3 Å². The molecule has 3 N–H and O–H groups in total. The van der Waals surface area contributed by atoms with Crippen LogP contribution in [0.2, 0.25) is 0 Å². The zero-order chi connectivity index (χ0) is 32.0. The number of nitrogens with one attached hydrogen (secondary N) is 3. The fourth-order valence-electron chi connectivity index (χ4n) is 5.97. The number of hydrogen-bond acceptors (Lipinski definition) is 6. The highest BCUT2D eigenvalue weighted by molar-refractivity contribution is 6.07. The summed E-state index contributed by atoms with van der Waals surface area (Å²) in [6.07, 6.45) is 0.390. The minimum atomic E-state index is -4.46. The van der Waals surface area contributed by atoms with Crippen LogP contribution in [-0.4, -0.2) is 98.2 Å². The van der Waals surface area contributed by atoms with E-state index in [-0.39, 0.29) is 35.3 Å². The summed E-state index contributed by atoms with van der Waals surface area (Å²) in [5.41, 5.74) is 1.71. The molecule has 10 nitrogen and oxygen atoms in total. The number of halogens is 3. The molecular weight excluding hydrogens is 589 g/mol. The number of aromatic nitrogens is 2. The topological polar surface area (TPSA) is 102 Å². The number of likely N-dealkylation sites (tertiary alicyclic amines) is 1. The van der Waals surface area contributed by atoms with E-state index in [0.717, 1.165) is 31.6 Å². The molecule has 13 heteroatoms. The minimum Gasteiger partial charge on any atom is -0.381 e. The summed E-state index contributed by atoms with van der Waals surface area (Å²) in [6, 6.07) is 7.09. The van der Waals surface area contributed by atoms with E-state index in [2.05, 4.69) is 39.7 Å². The predicted molar refractivity (Wildman–Crippen MR) is 164 cm³/mol. The van der Waals surface area contributed by atoms with E-state index in [1.807, 2.05) is 6.07 Å². The highest BCUT2D eigenvalue weighted by Crippen LogP contribution is 2.32. The lowest BCUT2D eigenvalue weighted by atomic mass is 9.89. The lowest BCUT2D eigenvalue weighted by Gasteiger charge is -2.38. The third-order valence-electron chi connectivity index (χ3n) is 8.21. The fraction of sp³-hybridized carbons (Fsp3) is 0.500. The van der Waals surface area contributed by atoms with Crippen LogP contribution in [0, 0.1) is 17.8 Å². The van der Waals surface area contributed by atoms with Crippen molar-refractivity contribution in [3.8, 4) is 11.8 Å². The van der Waals surface area contributed by atoms with E-state index in [4.69, 9.17) is 9.47 Å². The number of fused-ring (bicyclic) bond motifs is 4. The van der Waals surface area contributed by atoms with Gasteiger partial charge in [0.1, 0.15) is 6.54 Å². The van der Waals surface area contributed by atoms with Crippen LogP contribution in [0.4, 0.5) is 18.9 Å². The van der Waals surface area contributed by atoms with Crippen molar-refractivity contribution in [3.63, 3.8) is 0 Å². The third kappa shape index (κ3) is 8.19. The zero-order valence-corrected chi connectivity index (χ0v) is 25.5. The molecule has 5 rings (SSSR count). The zero-order valence-electron chi connectivity index (χ0n) is 25.5. The van der Waals surface area contributed by atoms with Crippen molar-refractivity contribution < 1.29 is 32.2 Å². The number of anilines is 1. The van der Waals surface area contributed by atoms with E-state index in [1.54, 1.807) is 35.2 Å². The smallest absolute Gasteiger partial charge is 0.381 e. The molecule has 0 radical (unpaired) electrons. The molecule has 2 aliphatic rings. The third-order valence-corrected chi connectivity index (χ3v) is 8.21. The van der Waals surface area contributed by atoms with Gasteiger partial charge in [-0.1, -0.05) is 12.0 Å². The van der Waals surface area contributed by atoms with Gasteiger partial charge in [0, 0.05) is 56.3 Å². The Labute approximate surface area is 260 Å². The molecule has 4 bridgehead atoms. The number of piperidine rings is 1. The van der Waals surface area contributed by atoms with E-state index in [1.165, 1.54) is 11.6 Å². The van der Waals surface area contributed by atoms with Crippen molar-refractivity contribution in [1.29, 1.82) is 0 Å². The second-order valence-corrected chi connectivity index (χ2v) is 11.4. The summed E-state index contributed by atoms with van der Waals surface area (Å²) in [5.74, 6) is 4.97. The number of rotatable bonds is 2. The van der Waals surface area contributed by atoms with Crippen molar-refractivity contribution in [2.75, 3.05) is 65.5 Å². The van der Waals surface area contributed by atoms with Crippen LogP contribution in [-0.2, 0) is 22.6 Å². The van der Waals surface area contributed by atoms with Gasteiger partial charge in [-0.2, -0.15) is 13.2 Å². The van der Waals surface area contributed by atoms with Gasteiger partial charge in [0.25, 0.3) is 11.8 Å². The molecule has 0 aliphatic carbocycles. The van der Waals surface area contributed by atoms with Crippen molar-refractivity contribution in [1.82, 2.24) is 24.7 Å². The molecule has 2 aromatic heterocycles. The standard InChI is InChI=1S/C32H39F3N6O4/c1-36-30(42)25-19-40-12-14-45-16-15-44-13-9-22-18-39(2)11-8-27(22)38-28-6-3-7-29-24(28)17-23(41(29)21-32(33,34)35)5-4-10-37-31(43)26(25)20-40/h3,6-7,17,19-20,22,27,38H,8-16,18,21H2,1-2H3,(H,36,42)(H,37,43). The van der Waals surface area contributed by atoms with Crippen LogP contribution in [0.15, 0.2) is 36.7 Å². The first-order chi connectivity index (χ1) is 21.6. The maximum Gasteiger partial charge on any atom is 0.406 e. The average molecular weight is 629 g/mol. The molecule has 3 aromatic rings. The van der Waals surface area contributed by atoms with Crippen LogP contribution < -0.4 is 16.0 Å². The normalized spacial score (nSPS) is 20.9. The van der Waals surface area contributed by atoms with Crippen molar-refractivity contribution >= 4 is 28.4 Å². The molecule has 45 heavy (non-hydrogen) atoms. The number of amides is 2. The molecule has 1 aromatic carbocycles. The van der Waals surface area contributed by atoms with E-state index in [9.17, 15) is 22.8 Å². The summed E-state index contributed by atoms with van der Waals surface area (Å²) in [5, 5.41) is 9.49. The number of carbonyl (C=O) groups excluding carboxylic acids is 2. The summed E-state index contributed by atoms with van der Waals surface area (Å²) in [4.78, 5) is 27.8. The molecule has 0 saturated carbocycles. The molecule has 1 fully saturated rings. The molecule has 0 spiro atoms. The van der Waals surface area contributed by atoms with Gasteiger partial charge in [0.2, 0.25) is 0 Å². The lowest BCUT2D eigenvalue weighted by Crippen LogP contribution is -2.45. The van der Waals surface area contributed by atoms with Gasteiger partial charge >= 0.3 is 6.18 Å². The summed E-state index contributed by atoms with van der Waals surface area (Å²) >= 11 is 0. The second-order valence-electron chi connectivity index (χ2n) is 11.4. The summed E-state index contributed by atoms with van der Waals surface area (Å²) < 4.78 is 55.6. The molecule has 4 heterocycles. The van der Waals surface area contributed by atoms with Crippen molar-refractivity contribution in [3.05, 3.63) is 53.5 Å². The first kappa shape index (κ1) is 32.4. The lowest BCUT2D eigenvalue weighted by molar-refractivity contribution is -0.140. The van der Waals surface area contributed by atoms with Gasteiger partial charge in [-0.05, 0) is 56.5 Å². The molecule has 2 unspecified atom stereocenters.